The summed E-state index contributed by atoms with van der Waals surface area (Å²) >= 11 is 9.54. The Labute approximate surface area is 136 Å². The Morgan fingerprint density at radius 2 is 1.90 bits per heavy atom. The minimum atomic E-state index is 0.594. The van der Waals surface area contributed by atoms with Crippen LogP contribution in [0.15, 0.2) is 59.1 Å². The standard InChI is InChI=1S/C16H13BrClN3/c17-14-7-2-1-6-13(14)15-9-16(19)21(20-15)10-11-4-3-5-12(18)8-11/h1-9H,10,19H2. The number of rotatable bonds is 3. The molecule has 0 spiro atoms. The van der Waals surface area contributed by atoms with Crippen LogP contribution in [-0.4, -0.2) is 9.78 Å². The van der Waals surface area contributed by atoms with Gasteiger partial charge in [0, 0.05) is 21.1 Å². The van der Waals surface area contributed by atoms with Gasteiger partial charge in [-0.1, -0.05) is 57.9 Å². The van der Waals surface area contributed by atoms with Crippen molar-refractivity contribution in [2.45, 2.75) is 6.54 Å². The Morgan fingerprint density at radius 1 is 1.10 bits per heavy atom. The van der Waals surface area contributed by atoms with Crippen LogP contribution in [-0.2, 0) is 6.54 Å². The van der Waals surface area contributed by atoms with E-state index in [1.165, 1.54) is 0 Å². The zero-order valence-electron chi connectivity index (χ0n) is 11.1. The fourth-order valence-electron chi connectivity index (χ4n) is 2.17. The molecule has 0 aliphatic carbocycles. The number of nitrogens with zero attached hydrogens (tertiary/aromatic N) is 2. The van der Waals surface area contributed by atoms with E-state index < -0.39 is 0 Å². The van der Waals surface area contributed by atoms with Crippen molar-refractivity contribution >= 4 is 33.3 Å². The number of benzene rings is 2. The zero-order chi connectivity index (χ0) is 14.8. The number of aromatic nitrogens is 2. The molecule has 0 amide bonds. The van der Waals surface area contributed by atoms with Gasteiger partial charge in [-0.3, -0.25) is 0 Å². The minimum absolute atomic E-state index is 0.594. The topological polar surface area (TPSA) is 43.8 Å². The van der Waals surface area contributed by atoms with Crippen molar-refractivity contribution in [1.82, 2.24) is 9.78 Å². The van der Waals surface area contributed by atoms with Crippen LogP contribution in [0.5, 0.6) is 0 Å². The fourth-order valence-corrected chi connectivity index (χ4v) is 2.87. The van der Waals surface area contributed by atoms with Crippen molar-refractivity contribution < 1.29 is 0 Å². The van der Waals surface area contributed by atoms with Crippen LogP contribution in [0.1, 0.15) is 5.56 Å². The third-order valence-corrected chi connectivity index (χ3v) is 4.11. The van der Waals surface area contributed by atoms with E-state index in [0.717, 1.165) is 21.3 Å². The third kappa shape index (κ3) is 3.12. The molecule has 0 saturated carbocycles. The Hall–Kier alpha value is -1.78. The van der Waals surface area contributed by atoms with Crippen LogP contribution < -0.4 is 5.73 Å². The van der Waals surface area contributed by atoms with Gasteiger partial charge >= 0.3 is 0 Å². The van der Waals surface area contributed by atoms with E-state index in [1.807, 2.05) is 54.6 Å². The van der Waals surface area contributed by atoms with Crippen LogP contribution in [0.3, 0.4) is 0 Å². The molecule has 0 bridgehead atoms. The predicted octanol–water partition coefficient (Wildman–Crippen LogP) is 4.60. The van der Waals surface area contributed by atoms with E-state index in [2.05, 4.69) is 21.0 Å². The summed E-state index contributed by atoms with van der Waals surface area (Å²) in [6, 6.07) is 17.5. The van der Waals surface area contributed by atoms with Crippen LogP contribution in [0.4, 0.5) is 5.82 Å². The quantitative estimate of drug-likeness (QED) is 0.740. The average Bonchev–Trinajstić information content (AvgIpc) is 2.80. The van der Waals surface area contributed by atoms with E-state index in [0.29, 0.717) is 17.4 Å². The first-order chi connectivity index (χ1) is 10.1. The second-order valence-corrected chi connectivity index (χ2v) is 6.01. The van der Waals surface area contributed by atoms with Crippen molar-refractivity contribution in [2.24, 2.45) is 0 Å². The van der Waals surface area contributed by atoms with E-state index in [1.54, 1.807) is 4.68 Å². The maximum Gasteiger partial charge on any atom is 0.122 e. The molecule has 3 nitrogen and oxygen atoms in total. The normalized spacial score (nSPS) is 10.8. The molecule has 0 unspecified atom stereocenters. The second-order valence-electron chi connectivity index (χ2n) is 4.72. The van der Waals surface area contributed by atoms with Crippen molar-refractivity contribution in [2.75, 3.05) is 5.73 Å². The van der Waals surface area contributed by atoms with Crippen molar-refractivity contribution in [3.05, 3.63) is 69.7 Å². The van der Waals surface area contributed by atoms with Crippen molar-refractivity contribution in [1.29, 1.82) is 0 Å². The third-order valence-electron chi connectivity index (χ3n) is 3.18. The molecule has 21 heavy (non-hydrogen) atoms. The molecule has 3 rings (SSSR count). The fraction of sp³-hybridized carbons (Fsp3) is 0.0625. The molecule has 0 radical (unpaired) electrons. The highest BCUT2D eigenvalue weighted by atomic mass is 79.9. The summed E-state index contributed by atoms with van der Waals surface area (Å²) in [4.78, 5) is 0. The lowest BCUT2D eigenvalue weighted by atomic mass is 10.1. The van der Waals surface area contributed by atoms with Gasteiger partial charge in [0.05, 0.1) is 12.2 Å². The lowest BCUT2D eigenvalue weighted by molar-refractivity contribution is 0.700. The second kappa shape index (κ2) is 5.92. The molecule has 0 atom stereocenters. The van der Waals surface area contributed by atoms with Gasteiger partial charge in [0.2, 0.25) is 0 Å². The Bertz CT molecular complexity index is 783. The summed E-state index contributed by atoms with van der Waals surface area (Å²) in [5.41, 5.74) is 9.00. The Kier molecular flexibility index (Phi) is 3.99. The lowest BCUT2D eigenvalue weighted by Crippen LogP contribution is -2.05. The molecular formula is C16H13BrClN3. The summed E-state index contributed by atoms with van der Waals surface area (Å²) in [6.07, 6.45) is 0. The van der Waals surface area contributed by atoms with E-state index in [9.17, 15) is 0 Å². The van der Waals surface area contributed by atoms with Gasteiger partial charge in [0.1, 0.15) is 5.82 Å². The van der Waals surface area contributed by atoms with Gasteiger partial charge in [0.15, 0.2) is 0 Å². The first-order valence-electron chi connectivity index (χ1n) is 6.46. The lowest BCUT2D eigenvalue weighted by Gasteiger charge is -2.04. The maximum atomic E-state index is 6.07. The molecule has 0 aliphatic heterocycles. The average molecular weight is 363 g/mol. The molecule has 2 N–H and O–H groups in total. The number of halogens is 2. The van der Waals surface area contributed by atoms with E-state index in [-0.39, 0.29) is 0 Å². The summed E-state index contributed by atoms with van der Waals surface area (Å²) < 4.78 is 2.78. The Balaban J connectivity index is 1.93. The summed E-state index contributed by atoms with van der Waals surface area (Å²) in [7, 11) is 0. The molecule has 1 heterocycles. The highest BCUT2D eigenvalue weighted by molar-refractivity contribution is 9.10. The molecule has 1 aromatic heterocycles. The van der Waals surface area contributed by atoms with Crippen molar-refractivity contribution in [3.63, 3.8) is 0 Å². The maximum absolute atomic E-state index is 6.07. The monoisotopic (exact) mass is 361 g/mol. The number of nitrogen functional groups attached to an aromatic ring is 1. The smallest absolute Gasteiger partial charge is 0.122 e. The number of hydrogen-bond donors (Lipinski definition) is 1. The first-order valence-corrected chi connectivity index (χ1v) is 7.63. The van der Waals surface area contributed by atoms with Gasteiger partial charge in [0.25, 0.3) is 0 Å². The molecule has 0 fully saturated rings. The summed E-state index contributed by atoms with van der Waals surface area (Å²) in [6.45, 7) is 0.594. The summed E-state index contributed by atoms with van der Waals surface area (Å²) in [5, 5.41) is 5.30. The molecular weight excluding hydrogens is 350 g/mol. The molecule has 106 valence electrons. The van der Waals surface area contributed by atoms with Crippen LogP contribution >= 0.6 is 27.5 Å². The van der Waals surface area contributed by atoms with E-state index >= 15 is 0 Å². The predicted molar refractivity (Wildman–Crippen MR) is 90.3 cm³/mol. The van der Waals surface area contributed by atoms with Crippen LogP contribution in [0.2, 0.25) is 5.02 Å². The molecule has 5 heteroatoms. The van der Waals surface area contributed by atoms with Gasteiger partial charge in [-0.15, -0.1) is 0 Å². The van der Waals surface area contributed by atoms with Crippen molar-refractivity contribution in [3.8, 4) is 11.3 Å². The zero-order valence-corrected chi connectivity index (χ0v) is 13.5. The highest BCUT2D eigenvalue weighted by Crippen LogP contribution is 2.28. The molecule has 2 aromatic carbocycles. The van der Waals surface area contributed by atoms with Gasteiger partial charge in [-0.2, -0.15) is 5.10 Å². The molecule has 0 saturated heterocycles. The number of nitrogens with two attached hydrogens (primary N) is 1. The SMILES string of the molecule is Nc1cc(-c2ccccc2Br)nn1Cc1cccc(Cl)c1. The van der Waals surface area contributed by atoms with Gasteiger partial charge in [-0.05, 0) is 23.8 Å². The number of anilines is 1. The summed E-state index contributed by atoms with van der Waals surface area (Å²) in [5.74, 6) is 0.626. The first kappa shape index (κ1) is 14.2. The Morgan fingerprint density at radius 3 is 2.67 bits per heavy atom. The minimum Gasteiger partial charge on any atom is -0.384 e. The van der Waals surface area contributed by atoms with Gasteiger partial charge < -0.3 is 5.73 Å². The number of hydrogen-bond acceptors (Lipinski definition) is 2. The van der Waals surface area contributed by atoms with E-state index in [4.69, 9.17) is 17.3 Å². The van der Waals surface area contributed by atoms with Crippen LogP contribution in [0.25, 0.3) is 11.3 Å². The van der Waals surface area contributed by atoms with Gasteiger partial charge in [-0.25, -0.2) is 4.68 Å². The molecule has 0 aliphatic rings. The van der Waals surface area contributed by atoms with Crippen LogP contribution in [0, 0.1) is 0 Å². The highest BCUT2D eigenvalue weighted by Gasteiger charge is 2.10. The molecule has 3 aromatic rings. The largest absolute Gasteiger partial charge is 0.384 e.